The molecule has 0 aliphatic carbocycles. The van der Waals surface area contributed by atoms with E-state index in [-0.39, 0.29) is 12.4 Å². The first-order chi connectivity index (χ1) is 5.52. The third kappa shape index (κ3) is 3.31. The number of benzene rings is 1. The van der Waals surface area contributed by atoms with Gasteiger partial charge >= 0.3 is 0 Å². The van der Waals surface area contributed by atoms with Crippen molar-refractivity contribution in [1.82, 2.24) is 0 Å². The lowest BCUT2D eigenvalue weighted by molar-refractivity contribution is 0.470. The van der Waals surface area contributed by atoms with Crippen LogP contribution >= 0.6 is 12.4 Å². The minimum atomic E-state index is -4.18. The Labute approximate surface area is 82.9 Å². The minimum absolute atomic E-state index is 0. The van der Waals surface area contributed by atoms with Gasteiger partial charge in [0.2, 0.25) is 0 Å². The average Bonchev–Trinajstić information content (AvgIpc) is 2.03. The fourth-order valence-corrected chi connectivity index (χ4v) is 1.32. The summed E-state index contributed by atoms with van der Waals surface area (Å²) in [6.07, 6.45) is 0. The van der Waals surface area contributed by atoms with E-state index in [0.717, 1.165) is 0 Å². The molecule has 0 radical (unpaired) electrons. The smallest absolute Gasteiger partial charge is 0.285 e. The van der Waals surface area contributed by atoms with Gasteiger partial charge in [-0.3, -0.25) is 4.55 Å². The summed E-state index contributed by atoms with van der Waals surface area (Å²) >= 11 is 0. The maximum Gasteiger partial charge on any atom is 0.285 e. The molecule has 6 heteroatoms. The van der Waals surface area contributed by atoms with Crippen LogP contribution in [-0.4, -0.2) is 13.0 Å². The Balaban J connectivity index is 0.00000144. The van der Waals surface area contributed by atoms with Crippen LogP contribution in [0.25, 0.3) is 0 Å². The highest BCUT2D eigenvalue weighted by atomic mass is 35.5. The number of hydrogen-bond acceptors (Lipinski definition) is 3. The van der Waals surface area contributed by atoms with Crippen LogP contribution in [0.5, 0.6) is 0 Å². The summed E-state index contributed by atoms with van der Waals surface area (Å²) in [5, 5.41) is -1.35. The molecule has 0 bridgehead atoms. The quantitative estimate of drug-likeness (QED) is 0.732. The van der Waals surface area contributed by atoms with Gasteiger partial charge in [-0.2, -0.15) is 8.42 Å². The van der Waals surface area contributed by atoms with Crippen molar-refractivity contribution in [2.45, 2.75) is 5.37 Å². The molecule has 4 nitrogen and oxygen atoms in total. The van der Waals surface area contributed by atoms with Crippen molar-refractivity contribution in [3.05, 3.63) is 35.9 Å². The van der Waals surface area contributed by atoms with Gasteiger partial charge in [0, 0.05) is 0 Å². The Bertz CT molecular complexity index is 351. The van der Waals surface area contributed by atoms with E-state index in [4.69, 9.17) is 10.3 Å². The zero-order valence-corrected chi connectivity index (χ0v) is 8.25. The average molecular weight is 224 g/mol. The number of nitrogens with two attached hydrogens (primary N) is 1. The zero-order valence-electron chi connectivity index (χ0n) is 6.62. The zero-order chi connectivity index (χ0) is 9.19. The highest BCUT2D eigenvalue weighted by Gasteiger charge is 2.18. The van der Waals surface area contributed by atoms with Crippen LogP contribution in [0.3, 0.4) is 0 Å². The van der Waals surface area contributed by atoms with Gasteiger partial charge in [0.05, 0.1) is 0 Å². The number of hydrogen-bond donors (Lipinski definition) is 2. The van der Waals surface area contributed by atoms with E-state index in [1.165, 1.54) is 0 Å². The predicted molar refractivity (Wildman–Crippen MR) is 52.2 cm³/mol. The second-order valence-corrected chi connectivity index (χ2v) is 3.88. The first-order valence-electron chi connectivity index (χ1n) is 3.28. The van der Waals surface area contributed by atoms with Crippen molar-refractivity contribution < 1.29 is 13.0 Å². The van der Waals surface area contributed by atoms with Gasteiger partial charge in [0.15, 0.2) is 5.37 Å². The van der Waals surface area contributed by atoms with E-state index in [9.17, 15) is 8.42 Å². The lowest BCUT2D eigenvalue weighted by atomic mass is 10.2. The molecular weight excluding hydrogens is 214 g/mol. The highest BCUT2D eigenvalue weighted by molar-refractivity contribution is 7.86. The Hall–Kier alpha value is -0.620. The summed E-state index contributed by atoms with van der Waals surface area (Å²) in [5.41, 5.74) is 5.61. The van der Waals surface area contributed by atoms with Crippen LogP contribution in [0.15, 0.2) is 30.3 Å². The van der Waals surface area contributed by atoms with Gasteiger partial charge in [-0.1, -0.05) is 30.3 Å². The van der Waals surface area contributed by atoms with Crippen molar-refractivity contribution in [2.75, 3.05) is 0 Å². The molecule has 0 saturated carbocycles. The Kier molecular flexibility index (Phi) is 4.35. The maximum atomic E-state index is 10.6. The van der Waals surface area contributed by atoms with E-state index >= 15 is 0 Å². The van der Waals surface area contributed by atoms with Crippen LogP contribution in [0.4, 0.5) is 0 Å². The van der Waals surface area contributed by atoms with E-state index in [1.54, 1.807) is 30.3 Å². The normalized spacial score (nSPS) is 13.1. The maximum absolute atomic E-state index is 10.6. The molecule has 3 N–H and O–H groups in total. The summed E-state index contributed by atoms with van der Waals surface area (Å²) < 4.78 is 29.7. The number of halogens is 1. The third-order valence-electron chi connectivity index (χ3n) is 1.45. The summed E-state index contributed by atoms with van der Waals surface area (Å²) in [6, 6.07) is 8.12. The van der Waals surface area contributed by atoms with Crippen LogP contribution in [0, 0.1) is 0 Å². The fraction of sp³-hybridized carbons (Fsp3) is 0.143. The van der Waals surface area contributed by atoms with E-state index in [0.29, 0.717) is 5.56 Å². The van der Waals surface area contributed by atoms with Gasteiger partial charge in [0.1, 0.15) is 0 Å². The third-order valence-corrected chi connectivity index (χ3v) is 2.36. The van der Waals surface area contributed by atoms with Gasteiger partial charge in [0.25, 0.3) is 10.1 Å². The fourth-order valence-electron chi connectivity index (χ4n) is 0.815. The van der Waals surface area contributed by atoms with Crippen LogP contribution in [0.2, 0.25) is 0 Å². The Morgan fingerprint density at radius 1 is 1.23 bits per heavy atom. The molecule has 1 aromatic rings. The topological polar surface area (TPSA) is 80.4 Å². The largest absolute Gasteiger partial charge is 0.309 e. The lowest BCUT2D eigenvalue weighted by Gasteiger charge is -2.06. The molecule has 0 amide bonds. The summed E-state index contributed by atoms with van der Waals surface area (Å²) in [4.78, 5) is 0. The van der Waals surface area contributed by atoms with Crippen LogP contribution in [0.1, 0.15) is 10.9 Å². The molecule has 13 heavy (non-hydrogen) atoms. The van der Waals surface area contributed by atoms with E-state index in [2.05, 4.69) is 0 Å². The van der Waals surface area contributed by atoms with Crippen molar-refractivity contribution in [3.63, 3.8) is 0 Å². The standard InChI is InChI=1S/C7H9NO3S.ClH/c8-7(12(9,10)11)6-4-2-1-3-5-6;/h1-5,7H,8H2,(H,9,10,11);1H. The Morgan fingerprint density at radius 3 is 2.08 bits per heavy atom. The molecule has 1 atom stereocenters. The van der Waals surface area contributed by atoms with Crippen molar-refractivity contribution in [3.8, 4) is 0 Å². The molecule has 74 valence electrons. The summed E-state index contributed by atoms with van der Waals surface area (Å²) in [5.74, 6) is 0. The molecule has 0 aromatic heterocycles. The van der Waals surface area contributed by atoms with Crippen LogP contribution in [-0.2, 0) is 10.1 Å². The molecule has 0 spiro atoms. The van der Waals surface area contributed by atoms with Crippen molar-refractivity contribution >= 4 is 22.5 Å². The monoisotopic (exact) mass is 223 g/mol. The molecule has 1 aromatic carbocycles. The van der Waals surface area contributed by atoms with E-state index < -0.39 is 15.5 Å². The van der Waals surface area contributed by atoms with Gasteiger partial charge < -0.3 is 5.73 Å². The molecule has 0 saturated heterocycles. The summed E-state index contributed by atoms with van der Waals surface area (Å²) in [6.45, 7) is 0. The first kappa shape index (κ1) is 12.4. The molecule has 0 aliphatic rings. The Morgan fingerprint density at radius 2 is 1.69 bits per heavy atom. The minimum Gasteiger partial charge on any atom is -0.309 e. The van der Waals surface area contributed by atoms with Gasteiger partial charge in [-0.25, -0.2) is 0 Å². The van der Waals surface area contributed by atoms with Crippen molar-refractivity contribution in [1.29, 1.82) is 0 Å². The SMILES string of the molecule is Cl.NC(c1ccccc1)S(=O)(=O)O. The molecule has 0 aliphatic heterocycles. The number of rotatable bonds is 2. The van der Waals surface area contributed by atoms with Crippen molar-refractivity contribution in [2.24, 2.45) is 5.73 Å². The molecule has 0 fully saturated rings. The van der Waals surface area contributed by atoms with Gasteiger partial charge in [-0.05, 0) is 5.56 Å². The highest BCUT2D eigenvalue weighted by Crippen LogP contribution is 2.13. The second kappa shape index (κ2) is 4.57. The predicted octanol–water partition coefficient (Wildman–Crippen LogP) is 0.954. The van der Waals surface area contributed by atoms with Gasteiger partial charge in [-0.15, -0.1) is 12.4 Å². The first-order valence-corrected chi connectivity index (χ1v) is 4.79. The van der Waals surface area contributed by atoms with Crippen LogP contribution < -0.4 is 5.73 Å². The molecular formula is C7H10ClNO3S. The molecule has 1 rings (SSSR count). The summed E-state index contributed by atoms with van der Waals surface area (Å²) in [7, 11) is -4.18. The lowest BCUT2D eigenvalue weighted by Crippen LogP contribution is -2.20. The molecule has 0 heterocycles. The molecule has 1 unspecified atom stereocenters. The second-order valence-electron chi connectivity index (χ2n) is 2.35. The van der Waals surface area contributed by atoms with E-state index in [1.807, 2.05) is 0 Å².